The molecule has 0 saturated carbocycles. The summed E-state index contributed by atoms with van der Waals surface area (Å²) in [7, 11) is 3.38. The molecule has 0 aliphatic rings. The van der Waals surface area contributed by atoms with Crippen LogP contribution in [0.5, 0.6) is 11.5 Å². The van der Waals surface area contributed by atoms with E-state index in [9.17, 15) is 0 Å². The van der Waals surface area contributed by atoms with Gasteiger partial charge in [-0.3, -0.25) is 0 Å². The van der Waals surface area contributed by atoms with Crippen molar-refractivity contribution in [3.05, 3.63) is 89.0 Å². The topological polar surface area (TPSA) is 34.1 Å². The van der Waals surface area contributed by atoms with E-state index in [0.717, 1.165) is 35.4 Å². The highest BCUT2D eigenvalue weighted by Crippen LogP contribution is 2.26. The standard InChI is InChI=1S/C26H30N2O2S.HI/c1-19-7-6-8-25(20(19)2)27-26(31-5)28(17-21-9-13-23(29-3)14-10-21)18-22-11-15-24(30-4)16-12-22;/h6-16H,17-18H2,1-5H3;1H. The Balaban J connectivity index is 0.00000363. The molecule has 3 aromatic carbocycles. The zero-order valence-electron chi connectivity index (χ0n) is 19.3. The SMILES string of the molecule is COc1ccc(CN(Cc2ccc(OC)cc2)C(=Nc2cccc(C)c2C)SC)cc1.I. The first kappa shape index (κ1) is 26.1. The maximum Gasteiger partial charge on any atom is 0.164 e. The molecule has 0 atom stereocenters. The molecule has 4 nitrogen and oxygen atoms in total. The Morgan fingerprint density at radius 3 is 1.75 bits per heavy atom. The number of aliphatic imine (C=N–C) groups is 1. The number of hydrogen-bond acceptors (Lipinski definition) is 4. The van der Waals surface area contributed by atoms with Crippen LogP contribution in [0.25, 0.3) is 0 Å². The molecule has 0 aliphatic heterocycles. The second kappa shape index (κ2) is 12.7. The number of benzene rings is 3. The number of methoxy groups -OCH3 is 2. The fraction of sp³-hybridized carbons (Fsp3) is 0.269. The highest BCUT2D eigenvalue weighted by atomic mass is 127. The molecule has 170 valence electrons. The molecule has 0 spiro atoms. The van der Waals surface area contributed by atoms with Crippen molar-refractivity contribution in [3.63, 3.8) is 0 Å². The fourth-order valence-corrected chi connectivity index (χ4v) is 3.88. The van der Waals surface area contributed by atoms with Gasteiger partial charge in [0.15, 0.2) is 5.17 Å². The van der Waals surface area contributed by atoms with E-state index in [-0.39, 0.29) is 24.0 Å². The quantitative estimate of drug-likeness (QED) is 0.177. The maximum atomic E-state index is 5.31. The highest BCUT2D eigenvalue weighted by molar-refractivity contribution is 14.0. The second-order valence-corrected chi connectivity index (χ2v) is 8.14. The lowest BCUT2D eigenvalue weighted by Gasteiger charge is -2.26. The summed E-state index contributed by atoms with van der Waals surface area (Å²) in [6.45, 7) is 5.75. The summed E-state index contributed by atoms with van der Waals surface area (Å²) < 4.78 is 10.6. The van der Waals surface area contributed by atoms with Gasteiger partial charge in [0, 0.05) is 13.1 Å². The molecule has 0 saturated heterocycles. The largest absolute Gasteiger partial charge is 0.497 e. The molecule has 0 amide bonds. The molecule has 0 heterocycles. The molecular formula is C26H31IN2O2S. The highest BCUT2D eigenvalue weighted by Gasteiger charge is 2.14. The summed E-state index contributed by atoms with van der Waals surface area (Å²) in [5.74, 6) is 1.72. The van der Waals surface area contributed by atoms with Gasteiger partial charge in [-0.15, -0.1) is 24.0 Å². The zero-order valence-corrected chi connectivity index (χ0v) is 22.4. The Kier molecular flexibility index (Phi) is 10.4. The van der Waals surface area contributed by atoms with Gasteiger partial charge < -0.3 is 14.4 Å². The van der Waals surface area contributed by atoms with Crippen LogP contribution >= 0.6 is 35.7 Å². The molecule has 0 bridgehead atoms. The van der Waals surface area contributed by atoms with Crippen LogP contribution in [0.1, 0.15) is 22.3 Å². The van der Waals surface area contributed by atoms with E-state index in [2.05, 4.69) is 67.5 Å². The Hall–Kier alpha value is -2.19. The van der Waals surface area contributed by atoms with E-state index in [1.54, 1.807) is 26.0 Å². The molecule has 0 unspecified atom stereocenters. The lowest BCUT2D eigenvalue weighted by molar-refractivity contribution is 0.405. The van der Waals surface area contributed by atoms with Crippen molar-refractivity contribution in [3.8, 4) is 11.5 Å². The first-order valence-electron chi connectivity index (χ1n) is 10.2. The van der Waals surface area contributed by atoms with Crippen molar-refractivity contribution in [2.24, 2.45) is 4.99 Å². The van der Waals surface area contributed by atoms with Crippen LogP contribution in [0.3, 0.4) is 0 Å². The van der Waals surface area contributed by atoms with Gasteiger partial charge in [-0.25, -0.2) is 4.99 Å². The van der Waals surface area contributed by atoms with E-state index in [1.165, 1.54) is 22.3 Å². The van der Waals surface area contributed by atoms with Gasteiger partial charge in [0.25, 0.3) is 0 Å². The molecule has 3 aromatic rings. The van der Waals surface area contributed by atoms with Crippen LogP contribution in [-0.2, 0) is 13.1 Å². The summed E-state index contributed by atoms with van der Waals surface area (Å²) in [6, 6.07) is 22.7. The van der Waals surface area contributed by atoms with Gasteiger partial charge in [-0.1, -0.05) is 48.2 Å². The molecule has 0 N–H and O–H groups in total. The Morgan fingerprint density at radius 1 is 0.812 bits per heavy atom. The van der Waals surface area contributed by atoms with Crippen LogP contribution < -0.4 is 9.47 Å². The average Bonchev–Trinajstić information content (AvgIpc) is 2.80. The molecule has 0 radical (unpaired) electrons. The van der Waals surface area contributed by atoms with Crippen molar-refractivity contribution < 1.29 is 9.47 Å². The third-order valence-electron chi connectivity index (χ3n) is 5.31. The number of halogens is 1. The summed E-state index contributed by atoms with van der Waals surface area (Å²) in [6.07, 6.45) is 2.08. The van der Waals surface area contributed by atoms with E-state index < -0.39 is 0 Å². The third kappa shape index (κ3) is 6.90. The van der Waals surface area contributed by atoms with Crippen LogP contribution in [0.4, 0.5) is 5.69 Å². The molecular weight excluding hydrogens is 531 g/mol. The van der Waals surface area contributed by atoms with E-state index in [4.69, 9.17) is 14.5 Å². The zero-order chi connectivity index (χ0) is 22.2. The minimum Gasteiger partial charge on any atom is -0.497 e. The van der Waals surface area contributed by atoms with E-state index >= 15 is 0 Å². The van der Waals surface area contributed by atoms with Crippen molar-refractivity contribution in [1.29, 1.82) is 0 Å². The lowest BCUT2D eigenvalue weighted by atomic mass is 10.1. The molecule has 3 rings (SSSR count). The lowest BCUT2D eigenvalue weighted by Crippen LogP contribution is -2.27. The van der Waals surface area contributed by atoms with Crippen molar-refractivity contribution in [2.45, 2.75) is 26.9 Å². The van der Waals surface area contributed by atoms with Gasteiger partial charge >= 0.3 is 0 Å². The van der Waals surface area contributed by atoms with E-state index in [0.29, 0.717) is 0 Å². The molecule has 6 heteroatoms. The molecule has 0 fully saturated rings. The van der Waals surface area contributed by atoms with Crippen molar-refractivity contribution >= 4 is 46.6 Å². The first-order chi connectivity index (χ1) is 15.0. The average molecular weight is 563 g/mol. The van der Waals surface area contributed by atoms with Gasteiger partial charge in [-0.2, -0.15) is 0 Å². The minimum atomic E-state index is 0. The van der Waals surface area contributed by atoms with Crippen molar-refractivity contribution in [2.75, 3.05) is 20.5 Å². The fourth-order valence-electron chi connectivity index (χ4n) is 3.30. The number of thioether (sulfide) groups is 1. The number of rotatable bonds is 7. The van der Waals surface area contributed by atoms with Gasteiger partial charge in [0.1, 0.15) is 11.5 Å². The molecule has 32 heavy (non-hydrogen) atoms. The number of amidine groups is 1. The van der Waals surface area contributed by atoms with E-state index in [1.807, 2.05) is 24.3 Å². The predicted molar refractivity (Wildman–Crippen MR) is 147 cm³/mol. The van der Waals surface area contributed by atoms with Crippen LogP contribution in [-0.4, -0.2) is 30.5 Å². The van der Waals surface area contributed by atoms with Gasteiger partial charge in [-0.05, 0) is 72.7 Å². The summed E-state index contributed by atoms with van der Waals surface area (Å²) >= 11 is 1.67. The van der Waals surface area contributed by atoms with Crippen LogP contribution in [0.2, 0.25) is 0 Å². The Morgan fingerprint density at radius 2 is 1.31 bits per heavy atom. The minimum absolute atomic E-state index is 0. The third-order valence-corrected chi connectivity index (χ3v) is 6.02. The number of hydrogen-bond donors (Lipinski definition) is 0. The Bertz CT molecular complexity index is 972. The summed E-state index contributed by atoms with van der Waals surface area (Å²) in [4.78, 5) is 7.37. The van der Waals surface area contributed by atoms with Crippen LogP contribution in [0, 0.1) is 13.8 Å². The Labute approximate surface area is 213 Å². The molecule has 0 aliphatic carbocycles. The van der Waals surface area contributed by atoms with Crippen LogP contribution in [0.15, 0.2) is 71.7 Å². The predicted octanol–water partition coefficient (Wildman–Crippen LogP) is 6.99. The monoisotopic (exact) mass is 562 g/mol. The van der Waals surface area contributed by atoms with Gasteiger partial charge in [0.2, 0.25) is 0 Å². The van der Waals surface area contributed by atoms with Crippen molar-refractivity contribution in [1.82, 2.24) is 4.90 Å². The summed E-state index contributed by atoms with van der Waals surface area (Å²) in [5.41, 5.74) is 5.88. The normalized spacial score (nSPS) is 11.0. The first-order valence-corrected chi connectivity index (χ1v) is 11.5. The molecule has 0 aromatic heterocycles. The number of aryl methyl sites for hydroxylation is 1. The smallest absolute Gasteiger partial charge is 0.164 e. The summed E-state index contributed by atoms with van der Waals surface area (Å²) in [5, 5.41) is 0.986. The number of ether oxygens (including phenoxy) is 2. The van der Waals surface area contributed by atoms with Gasteiger partial charge in [0.05, 0.1) is 19.9 Å². The number of nitrogens with zero attached hydrogens (tertiary/aromatic N) is 2. The maximum absolute atomic E-state index is 5.31. The second-order valence-electron chi connectivity index (χ2n) is 7.37.